The number of alkyl halides is 1. The molecule has 11 heavy (non-hydrogen) atoms. The topological polar surface area (TPSA) is 47.8 Å². The van der Waals surface area contributed by atoms with Crippen molar-refractivity contribution in [1.29, 1.82) is 0 Å². The number of halogens is 1. The largest absolute Gasteiger partial charge is 0.314 e. The predicted molar refractivity (Wildman–Crippen MR) is 43.7 cm³/mol. The van der Waals surface area contributed by atoms with Gasteiger partial charge in [0.25, 0.3) is 0 Å². The first-order chi connectivity index (χ1) is 5.13. The van der Waals surface area contributed by atoms with Gasteiger partial charge in [0.05, 0.1) is 4.83 Å². The summed E-state index contributed by atoms with van der Waals surface area (Å²) in [4.78, 5) is 11.1. The van der Waals surface area contributed by atoms with E-state index < -0.39 is 0 Å². The molecule has 0 N–H and O–H groups in total. The van der Waals surface area contributed by atoms with E-state index >= 15 is 0 Å². The summed E-state index contributed by atoms with van der Waals surface area (Å²) in [6, 6.07) is 0. The van der Waals surface area contributed by atoms with Crippen LogP contribution in [0.5, 0.6) is 0 Å². The van der Waals surface area contributed by atoms with Crippen molar-refractivity contribution in [2.24, 2.45) is 7.05 Å². The monoisotopic (exact) mass is 217 g/mol. The third-order valence-corrected chi connectivity index (χ3v) is 1.71. The molecule has 0 aliphatic heterocycles. The average molecular weight is 218 g/mol. The molecule has 5 heteroatoms. The van der Waals surface area contributed by atoms with Crippen LogP contribution >= 0.6 is 15.9 Å². The second kappa shape index (κ2) is 3.13. The Morgan fingerprint density at radius 3 is 2.82 bits per heavy atom. The van der Waals surface area contributed by atoms with Gasteiger partial charge in [0, 0.05) is 7.05 Å². The molecule has 1 aromatic rings. The maximum absolute atomic E-state index is 11.3. The number of carbonyl (C=O) groups is 1. The first kappa shape index (κ1) is 8.39. The van der Waals surface area contributed by atoms with Gasteiger partial charge < -0.3 is 4.57 Å². The van der Waals surface area contributed by atoms with Crippen molar-refractivity contribution in [3.8, 4) is 0 Å². The number of carbonyl (C=O) groups excluding carboxylic acids is 1. The van der Waals surface area contributed by atoms with E-state index in [-0.39, 0.29) is 10.6 Å². The fourth-order valence-corrected chi connectivity index (χ4v) is 0.889. The molecule has 1 rings (SSSR count). The van der Waals surface area contributed by atoms with Gasteiger partial charge in [-0.3, -0.25) is 4.79 Å². The van der Waals surface area contributed by atoms with Crippen molar-refractivity contribution in [1.82, 2.24) is 14.8 Å². The molecule has 0 bridgehead atoms. The molecule has 0 saturated carbocycles. The molecule has 0 aromatic carbocycles. The predicted octanol–water partition coefficient (Wildman–Crippen LogP) is 0.781. The van der Waals surface area contributed by atoms with E-state index in [4.69, 9.17) is 0 Å². The van der Waals surface area contributed by atoms with Crippen molar-refractivity contribution in [3.05, 3.63) is 12.2 Å². The number of ketones is 1. The molecule has 1 heterocycles. The summed E-state index contributed by atoms with van der Waals surface area (Å²) >= 11 is 3.16. The summed E-state index contributed by atoms with van der Waals surface area (Å²) < 4.78 is 1.60. The lowest BCUT2D eigenvalue weighted by Gasteiger charge is -1.99. The third-order valence-electron chi connectivity index (χ3n) is 1.29. The Kier molecular flexibility index (Phi) is 2.38. The zero-order valence-electron chi connectivity index (χ0n) is 6.28. The first-order valence-electron chi connectivity index (χ1n) is 3.15. The van der Waals surface area contributed by atoms with Crippen LogP contribution in [0.3, 0.4) is 0 Å². The quantitative estimate of drug-likeness (QED) is 0.544. The Hall–Kier alpha value is -0.710. The summed E-state index contributed by atoms with van der Waals surface area (Å²) in [5, 5.41) is 7.27. The molecule has 0 unspecified atom stereocenters. The van der Waals surface area contributed by atoms with E-state index in [2.05, 4.69) is 26.1 Å². The molecule has 1 atom stereocenters. The molecule has 1 aromatic heterocycles. The van der Waals surface area contributed by atoms with Gasteiger partial charge in [0.2, 0.25) is 11.6 Å². The molecule has 0 spiro atoms. The minimum absolute atomic E-state index is 0.0509. The number of hydrogen-bond donors (Lipinski definition) is 0. The highest BCUT2D eigenvalue weighted by Crippen LogP contribution is 2.05. The number of rotatable bonds is 2. The fraction of sp³-hybridized carbons (Fsp3) is 0.500. The number of aryl methyl sites for hydroxylation is 1. The van der Waals surface area contributed by atoms with Crippen molar-refractivity contribution in [2.45, 2.75) is 11.8 Å². The Morgan fingerprint density at radius 1 is 1.82 bits per heavy atom. The van der Waals surface area contributed by atoms with Crippen molar-refractivity contribution >= 4 is 21.7 Å². The molecule has 0 fully saturated rings. The van der Waals surface area contributed by atoms with Gasteiger partial charge in [-0.1, -0.05) is 15.9 Å². The number of nitrogens with zero attached hydrogens (tertiary/aromatic N) is 3. The summed E-state index contributed by atoms with van der Waals surface area (Å²) in [6.07, 6.45) is 1.50. The Balaban J connectivity index is 2.93. The van der Waals surface area contributed by atoms with Crippen LogP contribution < -0.4 is 0 Å². The van der Waals surface area contributed by atoms with Crippen LogP contribution in [0.2, 0.25) is 0 Å². The van der Waals surface area contributed by atoms with Gasteiger partial charge in [0.1, 0.15) is 6.33 Å². The third kappa shape index (κ3) is 1.65. The first-order valence-corrected chi connectivity index (χ1v) is 4.06. The number of Topliss-reactive ketones (excluding diaryl/α,β-unsaturated/α-hetero) is 1. The van der Waals surface area contributed by atoms with E-state index in [1.807, 2.05) is 0 Å². The summed E-state index contributed by atoms with van der Waals surface area (Å²) in [6.45, 7) is 1.76. The molecule has 0 amide bonds. The molecule has 0 aliphatic rings. The smallest absolute Gasteiger partial charge is 0.213 e. The molecular formula is C6H8BrN3O. The summed E-state index contributed by atoms with van der Waals surface area (Å²) in [7, 11) is 1.74. The standard InChI is InChI=1S/C6H8BrN3O/c1-4(7)5(11)6-9-8-3-10(6)2/h3-4H,1-2H3/t4-/m0/s1. The van der Waals surface area contributed by atoms with Crippen molar-refractivity contribution < 1.29 is 4.79 Å². The van der Waals surface area contributed by atoms with E-state index in [0.717, 1.165) is 0 Å². The molecule has 0 aliphatic carbocycles. The maximum Gasteiger partial charge on any atom is 0.213 e. The Morgan fingerprint density at radius 2 is 2.45 bits per heavy atom. The van der Waals surface area contributed by atoms with Crippen LogP contribution in [0.25, 0.3) is 0 Å². The average Bonchev–Trinajstić information content (AvgIpc) is 2.33. The van der Waals surface area contributed by atoms with Gasteiger partial charge >= 0.3 is 0 Å². The normalized spacial score (nSPS) is 13.0. The Bertz CT molecular complexity index is 269. The zero-order chi connectivity index (χ0) is 8.43. The number of hydrogen-bond acceptors (Lipinski definition) is 3. The van der Waals surface area contributed by atoms with Gasteiger partial charge in [0.15, 0.2) is 0 Å². The van der Waals surface area contributed by atoms with Crippen molar-refractivity contribution in [3.63, 3.8) is 0 Å². The second-order valence-electron chi connectivity index (χ2n) is 2.25. The lowest BCUT2D eigenvalue weighted by molar-refractivity contribution is 0.0982. The SMILES string of the molecule is C[C@H](Br)C(=O)c1nncn1C. The lowest BCUT2D eigenvalue weighted by atomic mass is 10.3. The van der Waals surface area contributed by atoms with Crippen LogP contribution in [0.4, 0.5) is 0 Å². The molecule has 4 nitrogen and oxygen atoms in total. The van der Waals surface area contributed by atoms with Crippen LogP contribution in [0.15, 0.2) is 6.33 Å². The highest BCUT2D eigenvalue weighted by molar-refractivity contribution is 9.10. The van der Waals surface area contributed by atoms with Gasteiger partial charge in [-0.15, -0.1) is 10.2 Å². The van der Waals surface area contributed by atoms with E-state index in [1.54, 1.807) is 18.5 Å². The maximum atomic E-state index is 11.3. The zero-order valence-corrected chi connectivity index (χ0v) is 7.87. The van der Waals surface area contributed by atoms with Crippen LogP contribution in [-0.2, 0) is 7.05 Å². The van der Waals surface area contributed by atoms with Gasteiger partial charge in [-0.2, -0.15) is 0 Å². The second-order valence-corrected chi connectivity index (χ2v) is 3.62. The van der Waals surface area contributed by atoms with Gasteiger partial charge in [-0.05, 0) is 6.92 Å². The molecule has 0 radical (unpaired) electrons. The highest BCUT2D eigenvalue weighted by Gasteiger charge is 2.16. The van der Waals surface area contributed by atoms with Gasteiger partial charge in [-0.25, -0.2) is 0 Å². The van der Waals surface area contributed by atoms with Crippen LogP contribution in [0.1, 0.15) is 17.5 Å². The summed E-state index contributed by atoms with van der Waals surface area (Å²) in [5.41, 5.74) is 0. The van der Waals surface area contributed by atoms with Crippen LogP contribution in [0, 0.1) is 0 Å². The Labute approximate surface area is 72.7 Å². The number of aromatic nitrogens is 3. The van der Waals surface area contributed by atoms with Crippen LogP contribution in [-0.4, -0.2) is 25.4 Å². The fourth-order valence-electron chi connectivity index (χ4n) is 0.684. The van der Waals surface area contributed by atoms with E-state index in [1.165, 1.54) is 6.33 Å². The molecular weight excluding hydrogens is 210 g/mol. The molecule has 60 valence electrons. The minimum Gasteiger partial charge on any atom is -0.314 e. The molecule has 0 saturated heterocycles. The lowest BCUT2D eigenvalue weighted by Crippen LogP contribution is -2.15. The van der Waals surface area contributed by atoms with E-state index in [9.17, 15) is 4.79 Å². The minimum atomic E-state index is -0.203. The highest BCUT2D eigenvalue weighted by atomic mass is 79.9. The van der Waals surface area contributed by atoms with Crippen molar-refractivity contribution in [2.75, 3.05) is 0 Å². The van der Waals surface area contributed by atoms with E-state index in [0.29, 0.717) is 5.82 Å². The summed E-state index contributed by atoms with van der Waals surface area (Å²) in [5.74, 6) is 0.333.